The Kier molecular flexibility index (Phi) is 6.55. The minimum absolute atomic E-state index is 0.191. The number of nitrogens with one attached hydrogen (secondary N) is 3. The smallest absolute Gasteiger partial charge is 0.171 e. The van der Waals surface area contributed by atoms with Crippen LogP contribution in [0.4, 0.5) is 10.1 Å². The number of morpholine rings is 1. The molecule has 0 bridgehead atoms. The molecule has 2 aromatic carbocycles. The summed E-state index contributed by atoms with van der Waals surface area (Å²) in [4.78, 5) is 1.42. The minimum Gasteiger partial charge on any atom is -0.370 e. The highest BCUT2D eigenvalue weighted by molar-refractivity contribution is 7.80. The van der Waals surface area contributed by atoms with Gasteiger partial charge in [0.15, 0.2) is 5.11 Å². The second-order valence-corrected chi connectivity index (χ2v) is 6.99. The summed E-state index contributed by atoms with van der Waals surface area (Å²) in [7, 11) is 0. The maximum Gasteiger partial charge on any atom is 0.171 e. The monoisotopic (exact) mass is 374 g/mol. The third-order valence-electron chi connectivity index (χ3n) is 4.64. The van der Waals surface area contributed by atoms with Crippen molar-refractivity contribution in [3.8, 4) is 0 Å². The average Bonchev–Trinajstić information content (AvgIpc) is 2.64. The molecule has 1 saturated heterocycles. The van der Waals surface area contributed by atoms with E-state index in [0.717, 1.165) is 37.6 Å². The summed E-state index contributed by atoms with van der Waals surface area (Å²) in [6.45, 7) is 6.09. The van der Waals surface area contributed by atoms with Gasteiger partial charge in [0, 0.05) is 11.3 Å². The third kappa shape index (κ3) is 5.24. The zero-order valence-electron chi connectivity index (χ0n) is 14.9. The maximum absolute atomic E-state index is 13.3. The van der Waals surface area contributed by atoms with Crippen LogP contribution in [0, 0.1) is 12.7 Å². The molecule has 138 valence electrons. The first-order valence-corrected chi connectivity index (χ1v) is 9.32. The number of halogens is 1. The van der Waals surface area contributed by atoms with E-state index in [-0.39, 0.29) is 11.9 Å². The van der Waals surface area contributed by atoms with E-state index in [4.69, 9.17) is 17.0 Å². The molecule has 3 N–H and O–H groups in total. The van der Waals surface area contributed by atoms with Crippen molar-refractivity contribution in [2.24, 2.45) is 0 Å². The van der Waals surface area contributed by atoms with Crippen molar-refractivity contribution in [2.75, 3.05) is 38.2 Å². The SMILES string of the molecule is Cc1cccc(NC(=S)NC[C@H](c2ccc(F)cc2)[NH+]2CCOCC2)c1. The van der Waals surface area contributed by atoms with E-state index in [0.29, 0.717) is 11.7 Å². The van der Waals surface area contributed by atoms with Crippen LogP contribution in [0.3, 0.4) is 0 Å². The maximum atomic E-state index is 13.3. The summed E-state index contributed by atoms with van der Waals surface area (Å²) in [6, 6.07) is 15.0. The lowest BCUT2D eigenvalue weighted by atomic mass is 10.0. The standard InChI is InChI=1S/C20H24FN3OS/c1-15-3-2-4-18(13-15)23-20(26)22-14-19(24-9-11-25-12-10-24)16-5-7-17(21)8-6-16/h2-8,13,19H,9-12,14H2,1H3,(H2,22,23,26)/p+1/t19-/m1/s1. The predicted molar refractivity (Wildman–Crippen MR) is 106 cm³/mol. The summed E-state index contributed by atoms with van der Waals surface area (Å²) < 4.78 is 18.8. The van der Waals surface area contributed by atoms with Crippen molar-refractivity contribution in [3.63, 3.8) is 0 Å². The van der Waals surface area contributed by atoms with E-state index in [1.807, 2.05) is 37.3 Å². The zero-order valence-corrected chi connectivity index (χ0v) is 15.7. The molecule has 0 unspecified atom stereocenters. The number of thiocarbonyl (C=S) groups is 1. The van der Waals surface area contributed by atoms with Gasteiger partial charge in [-0.15, -0.1) is 0 Å². The molecule has 0 radical (unpaired) electrons. The first-order chi connectivity index (χ1) is 12.6. The van der Waals surface area contributed by atoms with E-state index in [9.17, 15) is 4.39 Å². The molecule has 1 fully saturated rings. The van der Waals surface area contributed by atoms with Gasteiger partial charge in [-0.1, -0.05) is 24.3 Å². The second-order valence-electron chi connectivity index (χ2n) is 6.58. The fraction of sp³-hybridized carbons (Fsp3) is 0.350. The number of aryl methyl sites for hydroxylation is 1. The molecule has 6 heteroatoms. The lowest BCUT2D eigenvalue weighted by Gasteiger charge is -2.32. The number of ether oxygens (including phenoxy) is 1. The summed E-state index contributed by atoms with van der Waals surface area (Å²) in [5.41, 5.74) is 3.26. The summed E-state index contributed by atoms with van der Waals surface area (Å²) >= 11 is 5.45. The Labute approximate surface area is 159 Å². The number of hydrogen-bond acceptors (Lipinski definition) is 2. The summed E-state index contributed by atoms with van der Waals surface area (Å²) in [5, 5.41) is 7.15. The quantitative estimate of drug-likeness (QED) is 0.701. The van der Waals surface area contributed by atoms with E-state index < -0.39 is 0 Å². The van der Waals surface area contributed by atoms with Crippen molar-refractivity contribution in [2.45, 2.75) is 13.0 Å². The van der Waals surface area contributed by atoms with Gasteiger partial charge in [-0.05, 0) is 49.0 Å². The van der Waals surface area contributed by atoms with Gasteiger partial charge in [0.25, 0.3) is 0 Å². The lowest BCUT2D eigenvalue weighted by Crippen LogP contribution is -3.15. The highest BCUT2D eigenvalue weighted by Crippen LogP contribution is 2.12. The molecule has 0 amide bonds. The molecule has 1 aliphatic rings. The minimum atomic E-state index is -0.214. The van der Waals surface area contributed by atoms with Crippen LogP contribution in [0.2, 0.25) is 0 Å². The molecule has 0 spiro atoms. The molecule has 3 rings (SSSR count). The van der Waals surface area contributed by atoms with Gasteiger partial charge in [0.05, 0.1) is 19.8 Å². The number of hydrogen-bond donors (Lipinski definition) is 3. The van der Waals surface area contributed by atoms with Gasteiger partial charge < -0.3 is 20.3 Å². The van der Waals surface area contributed by atoms with Crippen LogP contribution in [-0.2, 0) is 4.74 Å². The van der Waals surface area contributed by atoms with Crippen molar-refractivity contribution >= 4 is 23.0 Å². The van der Waals surface area contributed by atoms with Gasteiger partial charge in [0.1, 0.15) is 24.9 Å². The normalized spacial score (nSPS) is 16.1. The fourth-order valence-corrected chi connectivity index (χ4v) is 3.47. The molecule has 0 aliphatic carbocycles. The Morgan fingerprint density at radius 2 is 1.92 bits per heavy atom. The Morgan fingerprint density at radius 1 is 1.19 bits per heavy atom. The molecule has 1 heterocycles. The average molecular weight is 375 g/mol. The number of rotatable bonds is 5. The van der Waals surface area contributed by atoms with Crippen LogP contribution in [0.15, 0.2) is 48.5 Å². The largest absolute Gasteiger partial charge is 0.370 e. The van der Waals surface area contributed by atoms with Crippen LogP contribution in [0.1, 0.15) is 17.2 Å². The van der Waals surface area contributed by atoms with Crippen molar-refractivity contribution < 1.29 is 14.0 Å². The van der Waals surface area contributed by atoms with Gasteiger partial charge in [-0.3, -0.25) is 0 Å². The molecular formula is C20H25FN3OS+. The van der Waals surface area contributed by atoms with Crippen molar-refractivity contribution in [1.82, 2.24) is 5.32 Å². The molecule has 0 saturated carbocycles. The highest BCUT2D eigenvalue weighted by atomic mass is 32.1. The molecule has 1 atom stereocenters. The van der Waals surface area contributed by atoms with Crippen molar-refractivity contribution in [3.05, 3.63) is 65.5 Å². The van der Waals surface area contributed by atoms with E-state index in [1.54, 1.807) is 0 Å². The number of quaternary nitrogens is 1. The molecule has 4 nitrogen and oxygen atoms in total. The Balaban J connectivity index is 1.65. The van der Waals surface area contributed by atoms with Crippen molar-refractivity contribution in [1.29, 1.82) is 0 Å². The van der Waals surface area contributed by atoms with Crippen LogP contribution in [0.25, 0.3) is 0 Å². The van der Waals surface area contributed by atoms with Crippen LogP contribution in [0.5, 0.6) is 0 Å². The third-order valence-corrected chi connectivity index (χ3v) is 4.89. The lowest BCUT2D eigenvalue weighted by molar-refractivity contribution is -0.937. The predicted octanol–water partition coefficient (Wildman–Crippen LogP) is 2.08. The Bertz CT molecular complexity index is 732. The fourth-order valence-electron chi connectivity index (χ4n) is 3.27. The Morgan fingerprint density at radius 3 is 2.62 bits per heavy atom. The van der Waals surface area contributed by atoms with E-state index in [1.165, 1.54) is 22.6 Å². The molecular weight excluding hydrogens is 349 g/mol. The first kappa shape index (κ1) is 18.8. The summed E-state index contributed by atoms with van der Waals surface area (Å²) in [6.07, 6.45) is 0. The first-order valence-electron chi connectivity index (χ1n) is 8.91. The molecule has 0 aromatic heterocycles. The zero-order chi connectivity index (χ0) is 18.4. The van der Waals surface area contributed by atoms with Crippen LogP contribution >= 0.6 is 12.2 Å². The number of anilines is 1. The van der Waals surface area contributed by atoms with Crippen LogP contribution < -0.4 is 15.5 Å². The highest BCUT2D eigenvalue weighted by Gasteiger charge is 2.26. The molecule has 1 aliphatic heterocycles. The van der Waals surface area contributed by atoms with Gasteiger partial charge in [-0.25, -0.2) is 4.39 Å². The van der Waals surface area contributed by atoms with Gasteiger partial charge in [0.2, 0.25) is 0 Å². The number of benzene rings is 2. The van der Waals surface area contributed by atoms with Gasteiger partial charge >= 0.3 is 0 Å². The van der Waals surface area contributed by atoms with E-state index >= 15 is 0 Å². The summed E-state index contributed by atoms with van der Waals surface area (Å²) in [5.74, 6) is -0.214. The molecule has 26 heavy (non-hydrogen) atoms. The topological polar surface area (TPSA) is 37.7 Å². The second kappa shape index (κ2) is 9.07. The molecule has 2 aromatic rings. The van der Waals surface area contributed by atoms with Gasteiger partial charge in [-0.2, -0.15) is 0 Å². The Hall–Kier alpha value is -2.02. The van der Waals surface area contributed by atoms with E-state index in [2.05, 4.69) is 16.7 Å². The van der Waals surface area contributed by atoms with Crippen LogP contribution in [-0.4, -0.2) is 38.0 Å².